The van der Waals surface area contributed by atoms with Gasteiger partial charge in [-0.25, -0.2) is 10.8 Å². The Bertz CT molecular complexity index is 488. The normalized spacial score (nSPS) is 16.7. The predicted octanol–water partition coefficient (Wildman–Crippen LogP) is 1.73. The molecule has 0 spiro atoms. The number of nitrogens with zero attached hydrogens (tertiary/aromatic N) is 2. The maximum absolute atomic E-state index is 12.4. The van der Waals surface area contributed by atoms with E-state index in [1.165, 1.54) is 6.42 Å². The number of carbonyl (C=O) groups is 1. The molecular weight excluding hydrogens is 334 g/mol. The number of nitrogen functional groups attached to an aromatic ring is 1. The van der Waals surface area contributed by atoms with Crippen molar-refractivity contribution in [3.8, 4) is 0 Å². The van der Waals surface area contributed by atoms with Crippen LogP contribution in [0.2, 0.25) is 0 Å². The third kappa shape index (κ3) is 4.39. The lowest BCUT2D eigenvalue weighted by Crippen LogP contribution is -2.45. The number of halogens is 1. The summed E-state index contributed by atoms with van der Waals surface area (Å²) in [6.45, 7) is 5.40. The number of pyridine rings is 1. The van der Waals surface area contributed by atoms with Crippen LogP contribution in [-0.4, -0.2) is 41.5 Å². The molecule has 0 saturated carbocycles. The van der Waals surface area contributed by atoms with Crippen LogP contribution >= 0.6 is 15.9 Å². The Morgan fingerprint density at radius 1 is 1.52 bits per heavy atom. The number of carbonyl (C=O) groups excluding carboxylic acids is 1. The summed E-state index contributed by atoms with van der Waals surface area (Å²) in [5.41, 5.74) is 2.92. The first-order valence-electron chi connectivity index (χ1n) is 7.29. The first-order chi connectivity index (χ1) is 10.1. The topological polar surface area (TPSA) is 83.3 Å². The van der Waals surface area contributed by atoms with E-state index in [1.54, 1.807) is 12.3 Å². The molecule has 0 radical (unpaired) electrons. The van der Waals surface area contributed by atoms with Gasteiger partial charge in [0.25, 0.3) is 5.91 Å². The van der Waals surface area contributed by atoms with Gasteiger partial charge in [0.15, 0.2) is 5.82 Å². The van der Waals surface area contributed by atoms with Crippen molar-refractivity contribution in [3.63, 3.8) is 0 Å². The quantitative estimate of drug-likeness (QED) is 0.553. The first kappa shape index (κ1) is 16.2. The number of likely N-dealkylation sites (tertiary alicyclic amines) is 1. The number of nitrogens with two attached hydrogens (primary N) is 1. The van der Waals surface area contributed by atoms with Gasteiger partial charge in [-0.15, -0.1) is 0 Å². The van der Waals surface area contributed by atoms with Crippen molar-refractivity contribution in [2.24, 2.45) is 5.84 Å². The molecule has 0 aromatic carbocycles. The van der Waals surface area contributed by atoms with Crippen molar-refractivity contribution in [2.45, 2.75) is 32.2 Å². The predicted molar refractivity (Wildman–Crippen MR) is 87.0 cm³/mol. The van der Waals surface area contributed by atoms with Gasteiger partial charge < -0.3 is 15.6 Å². The maximum atomic E-state index is 12.4. The van der Waals surface area contributed by atoms with Crippen molar-refractivity contribution in [3.05, 3.63) is 22.3 Å². The largest absolute Gasteiger partial charge is 0.349 e. The van der Waals surface area contributed by atoms with Gasteiger partial charge in [-0.3, -0.25) is 4.79 Å². The second-order valence-corrected chi connectivity index (χ2v) is 6.20. The second kappa shape index (κ2) is 7.72. The van der Waals surface area contributed by atoms with E-state index in [0.717, 1.165) is 36.9 Å². The number of nitrogens with one attached hydrogen (secondary N) is 2. The highest BCUT2D eigenvalue weighted by atomic mass is 79.9. The molecule has 0 bridgehead atoms. The van der Waals surface area contributed by atoms with E-state index < -0.39 is 0 Å². The van der Waals surface area contributed by atoms with E-state index >= 15 is 0 Å². The van der Waals surface area contributed by atoms with Crippen LogP contribution < -0.4 is 16.6 Å². The van der Waals surface area contributed by atoms with E-state index in [-0.39, 0.29) is 11.9 Å². The van der Waals surface area contributed by atoms with Crippen LogP contribution in [0.5, 0.6) is 0 Å². The lowest BCUT2D eigenvalue weighted by molar-refractivity contribution is 0.0911. The number of piperidine rings is 1. The van der Waals surface area contributed by atoms with E-state index in [2.05, 4.69) is 43.5 Å². The number of rotatable bonds is 5. The third-order valence-corrected chi connectivity index (χ3v) is 4.13. The first-order valence-corrected chi connectivity index (χ1v) is 8.08. The minimum Gasteiger partial charge on any atom is -0.349 e. The summed E-state index contributed by atoms with van der Waals surface area (Å²) < 4.78 is 0.754. The van der Waals surface area contributed by atoms with Gasteiger partial charge >= 0.3 is 0 Å². The van der Waals surface area contributed by atoms with Gasteiger partial charge in [0.1, 0.15) is 0 Å². The van der Waals surface area contributed by atoms with Crippen LogP contribution in [-0.2, 0) is 0 Å². The van der Waals surface area contributed by atoms with Gasteiger partial charge in [0, 0.05) is 29.8 Å². The SMILES string of the molecule is CCCN1CCC(NC(=O)c2cc(Br)cnc2NN)CC1. The van der Waals surface area contributed by atoms with Gasteiger partial charge in [-0.2, -0.15) is 0 Å². The van der Waals surface area contributed by atoms with E-state index in [0.29, 0.717) is 11.4 Å². The molecule has 1 aromatic heterocycles. The van der Waals surface area contributed by atoms with Crippen LogP contribution in [0.25, 0.3) is 0 Å². The van der Waals surface area contributed by atoms with Gasteiger partial charge in [0.2, 0.25) is 0 Å². The zero-order chi connectivity index (χ0) is 15.2. The summed E-state index contributed by atoms with van der Waals surface area (Å²) in [6.07, 6.45) is 4.75. The molecule has 1 aromatic rings. The highest BCUT2D eigenvalue weighted by Gasteiger charge is 2.22. The fourth-order valence-corrected chi connectivity index (χ4v) is 2.94. The van der Waals surface area contributed by atoms with Crippen LogP contribution in [0, 0.1) is 0 Å². The smallest absolute Gasteiger partial charge is 0.255 e. The summed E-state index contributed by atoms with van der Waals surface area (Å²) in [5.74, 6) is 5.66. The van der Waals surface area contributed by atoms with Crippen molar-refractivity contribution < 1.29 is 4.79 Å². The molecule has 1 amide bonds. The highest BCUT2D eigenvalue weighted by molar-refractivity contribution is 9.10. The average Bonchev–Trinajstić information content (AvgIpc) is 2.49. The molecule has 7 heteroatoms. The van der Waals surface area contributed by atoms with Gasteiger partial charge in [-0.1, -0.05) is 6.92 Å². The van der Waals surface area contributed by atoms with E-state index in [9.17, 15) is 4.79 Å². The molecule has 1 fully saturated rings. The van der Waals surface area contributed by atoms with Crippen LogP contribution in [0.3, 0.4) is 0 Å². The van der Waals surface area contributed by atoms with Crippen molar-refractivity contribution >= 4 is 27.7 Å². The van der Waals surface area contributed by atoms with Crippen LogP contribution in [0.15, 0.2) is 16.7 Å². The molecule has 0 atom stereocenters. The Labute approximate surface area is 133 Å². The Kier molecular flexibility index (Phi) is 5.96. The van der Waals surface area contributed by atoms with Crippen molar-refractivity contribution in [2.75, 3.05) is 25.1 Å². The highest BCUT2D eigenvalue weighted by Crippen LogP contribution is 2.18. The number of anilines is 1. The number of amides is 1. The van der Waals surface area contributed by atoms with E-state index in [4.69, 9.17) is 5.84 Å². The Hall–Kier alpha value is -1.18. The van der Waals surface area contributed by atoms with Crippen LogP contribution in [0.4, 0.5) is 5.82 Å². The molecule has 21 heavy (non-hydrogen) atoms. The molecule has 6 nitrogen and oxygen atoms in total. The third-order valence-electron chi connectivity index (χ3n) is 3.70. The number of hydrogen-bond acceptors (Lipinski definition) is 5. The fraction of sp³-hybridized carbons (Fsp3) is 0.571. The molecular formula is C14H22BrN5O. The summed E-state index contributed by atoms with van der Waals surface area (Å²) >= 11 is 3.33. The number of aromatic nitrogens is 1. The summed E-state index contributed by atoms with van der Waals surface area (Å²) in [4.78, 5) is 18.9. The van der Waals surface area contributed by atoms with E-state index in [1.807, 2.05) is 0 Å². The number of hydrogen-bond donors (Lipinski definition) is 3. The molecule has 0 aliphatic carbocycles. The molecule has 2 heterocycles. The summed E-state index contributed by atoms with van der Waals surface area (Å²) in [6, 6.07) is 1.94. The second-order valence-electron chi connectivity index (χ2n) is 5.28. The van der Waals surface area contributed by atoms with Crippen LogP contribution in [0.1, 0.15) is 36.5 Å². The molecule has 116 valence electrons. The Morgan fingerprint density at radius 2 is 2.24 bits per heavy atom. The summed E-state index contributed by atoms with van der Waals surface area (Å²) in [5, 5.41) is 3.08. The molecule has 4 N–H and O–H groups in total. The standard InChI is InChI=1S/C14H22BrN5O/c1-2-5-20-6-3-11(4-7-20)18-14(21)12-8-10(15)9-17-13(12)19-16/h8-9,11H,2-7,16H2,1H3,(H,17,19)(H,18,21). The molecule has 2 rings (SSSR count). The minimum absolute atomic E-state index is 0.134. The molecule has 0 unspecified atom stereocenters. The fourth-order valence-electron chi connectivity index (χ4n) is 2.61. The van der Waals surface area contributed by atoms with Crippen molar-refractivity contribution in [1.82, 2.24) is 15.2 Å². The zero-order valence-corrected chi connectivity index (χ0v) is 13.8. The van der Waals surface area contributed by atoms with Gasteiger partial charge in [0.05, 0.1) is 5.56 Å². The number of hydrazine groups is 1. The minimum atomic E-state index is -0.134. The lowest BCUT2D eigenvalue weighted by atomic mass is 10.0. The zero-order valence-electron chi connectivity index (χ0n) is 12.2. The maximum Gasteiger partial charge on any atom is 0.255 e. The molecule has 1 aliphatic heterocycles. The average molecular weight is 356 g/mol. The monoisotopic (exact) mass is 355 g/mol. The molecule has 1 aliphatic rings. The lowest BCUT2D eigenvalue weighted by Gasteiger charge is -2.32. The molecule has 1 saturated heterocycles. The van der Waals surface area contributed by atoms with Gasteiger partial charge in [-0.05, 0) is 47.8 Å². The Balaban J connectivity index is 1.95. The summed E-state index contributed by atoms with van der Waals surface area (Å²) in [7, 11) is 0. The Morgan fingerprint density at radius 3 is 2.86 bits per heavy atom. The van der Waals surface area contributed by atoms with Crippen molar-refractivity contribution in [1.29, 1.82) is 0 Å².